The summed E-state index contributed by atoms with van der Waals surface area (Å²) in [6.45, 7) is -0.857. The van der Waals surface area contributed by atoms with Crippen molar-refractivity contribution in [2.75, 3.05) is 25.2 Å². The Morgan fingerprint density at radius 2 is 1.86 bits per heavy atom. The topological polar surface area (TPSA) is 140 Å². The molecule has 0 atom stereocenters. The number of nitrogens with two attached hydrogens (primary N) is 1. The van der Waals surface area contributed by atoms with Crippen LogP contribution < -0.4 is 14.8 Å². The van der Waals surface area contributed by atoms with E-state index in [0.717, 1.165) is 11.0 Å². The van der Waals surface area contributed by atoms with Gasteiger partial charge in [-0.3, -0.25) is 9.69 Å². The third-order valence-corrected chi connectivity index (χ3v) is 4.56. The third kappa shape index (κ3) is 5.06. The van der Waals surface area contributed by atoms with Gasteiger partial charge in [0, 0.05) is 5.69 Å². The van der Waals surface area contributed by atoms with E-state index in [1.54, 1.807) is 30.3 Å². The summed E-state index contributed by atoms with van der Waals surface area (Å²) in [5.74, 6) is -1.56. The largest absolute Gasteiger partial charge is 0.495 e. The number of hydrogen-bond acceptors (Lipinski definition) is 7. The number of sulfonamides is 1. The summed E-state index contributed by atoms with van der Waals surface area (Å²) < 4.78 is 33.1. The quantitative estimate of drug-likeness (QED) is 0.538. The number of nitrogens with zero attached hydrogens (tertiary/aromatic N) is 2. The summed E-state index contributed by atoms with van der Waals surface area (Å²) in [4.78, 5) is 25.3. The normalized spacial score (nSPS) is 10.6. The standard InChI is InChI=1S/C18H17N3O6S/c1-26-15-8-7-13(11-16(15)28(20,24)25)18(23)27-12-17(22)21(10-9-19)14-5-3-2-4-6-14/h2-8,11H,10,12H2,1H3,(H2,20,24,25). The van der Waals surface area contributed by atoms with E-state index in [9.17, 15) is 18.0 Å². The number of primary sulfonamides is 1. The van der Waals surface area contributed by atoms with Gasteiger partial charge in [0.25, 0.3) is 5.91 Å². The van der Waals surface area contributed by atoms with Crippen LogP contribution in [0.3, 0.4) is 0 Å². The van der Waals surface area contributed by atoms with Crippen LogP contribution >= 0.6 is 0 Å². The van der Waals surface area contributed by atoms with Gasteiger partial charge < -0.3 is 9.47 Å². The molecule has 1 amide bonds. The molecule has 0 saturated heterocycles. The molecule has 0 aliphatic rings. The minimum atomic E-state index is -4.13. The van der Waals surface area contributed by atoms with Gasteiger partial charge in [0.15, 0.2) is 6.61 Å². The second kappa shape index (κ2) is 8.98. The molecule has 2 aromatic carbocycles. The van der Waals surface area contributed by atoms with Crippen molar-refractivity contribution in [2.24, 2.45) is 5.14 Å². The highest BCUT2D eigenvalue weighted by molar-refractivity contribution is 7.89. The molecule has 28 heavy (non-hydrogen) atoms. The highest BCUT2D eigenvalue weighted by atomic mass is 32.2. The van der Waals surface area contributed by atoms with E-state index in [2.05, 4.69) is 0 Å². The number of benzene rings is 2. The Morgan fingerprint density at radius 3 is 2.43 bits per heavy atom. The molecule has 9 nitrogen and oxygen atoms in total. The molecule has 0 fully saturated rings. The van der Waals surface area contributed by atoms with E-state index in [4.69, 9.17) is 19.9 Å². The Labute approximate surface area is 161 Å². The van der Waals surface area contributed by atoms with Crippen LogP contribution in [-0.2, 0) is 19.6 Å². The predicted octanol–water partition coefficient (Wildman–Crippen LogP) is 1.06. The minimum absolute atomic E-state index is 0.0283. The molecule has 2 N–H and O–H groups in total. The first-order valence-corrected chi connectivity index (χ1v) is 9.43. The molecular formula is C18H17N3O6S. The molecular weight excluding hydrogens is 386 g/mol. The third-order valence-electron chi connectivity index (χ3n) is 3.63. The summed E-state index contributed by atoms with van der Waals surface area (Å²) in [6, 6.07) is 13.8. The van der Waals surface area contributed by atoms with Crippen molar-refractivity contribution in [1.29, 1.82) is 5.26 Å². The average molecular weight is 403 g/mol. The molecule has 0 saturated carbocycles. The number of esters is 1. The predicted molar refractivity (Wildman–Crippen MR) is 99.1 cm³/mol. The van der Waals surface area contributed by atoms with Crippen molar-refractivity contribution in [3.05, 3.63) is 54.1 Å². The van der Waals surface area contributed by atoms with Crippen LogP contribution in [0.4, 0.5) is 5.69 Å². The summed E-state index contributed by atoms with van der Waals surface area (Å²) >= 11 is 0. The molecule has 0 aliphatic heterocycles. The first kappa shape index (κ1) is 20.9. The highest BCUT2D eigenvalue weighted by Crippen LogP contribution is 2.24. The summed E-state index contributed by atoms with van der Waals surface area (Å²) in [5, 5.41) is 14.0. The number of ether oxygens (including phenoxy) is 2. The fourth-order valence-electron chi connectivity index (χ4n) is 2.32. The zero-order valence-electron chi connectivity index (χ0n) is 14.9. The number of nitriles is 1. The molecule has 0 spiro atoms. The second-order valence-electron chi connectivity index (χ2n) is 5.46. The maximum absolute atomic E-state index is 12.4. The Bertz CT molecular complexity index is 1020. The number of anilines is 1. The molecule has 0 aromatic heterocycles. The number of carbonyl (C=O) groups is 2. The second-order valence-corrected chi connectivity index (χ2v) is 6.99. The van der Waals surface area contributed by atoms with Crippen molar-refractivity contribution in [1.82, 2.24) is 0 Å². The number of methoxy groups -OCH3 is 1. The van der Waals surface area contributed by atoms with E-state index in [1.807, 2.05) is 6.07 Å². The monoisotopic (exact) mass is 403 g/mol. The number of rotatable bonds is 7. The van der Waals surface area contributed by atoms with Crippen LogP contribution in [0.1, 0.15) is 10.4 Å². The molecule has 0 radical (unpaired) electrons. The van der Waals surface area contributed by atoms with Gasteiger partial charge in [0.2, 0.25) is 10.0 Å². The van der Waals surface area contributed by atoms with Crippen molar-refractivity contribution in [2.45, 2.75) is 4.90 Å². The fraction of sp³-hybridized carbons (Fsp3) is 0.167. The van der Waals surface area contributed by atoms with Gasteiger partial charge in [-0.25, -0.2) is 18.4 Å². The molecule has 2 aromatic rings. The first-order valence-electron chi connectivity index (χ1n) is 7.88. The van der Waals surface area contributed by atoms with E-state index in [0.29, 0.717) is 5.69 Å². The van der Waals surface area contributed by atoms with Crippen LogP contribution in [0.5, 0.6) is 5.75 Å². The number of para-hydroxylation sites is 1. The maximum Gasteiger partial charge on any atom is 0.338 e. The van der Waals surface area contributed by atoms with E-state index in [-0.39, 0.29) is 22.8 Å². The van der Waals surface area contributed by atoms with Crippen LogP contribution in [-0.4, -0.2) is 40.6 Å². The van der Waals surface area contributed by atoms with Gasteiger partial charge in [-0.1, -0.05) is 18.2 Å². The molecule has 2 rings (SSSR count). The van der Waals surface area contributed by atoms with Crippen molar-refractivity contribution in [3.8, 4) is 11.8 Å². The van der Waals surface area contributed by atoms with Gasteiger partial charge in [-0.15, -0.1) is 0 Å². The number of carbonyl (C=O) groups excluding carboxylic acids is 2. The molecule has 0 bridgehead atoms. The molecule has 146 valence electrons. The fourth-order valence-corrected chi connectivity index (χ4v) is 3.04. The lowest BCUT2D eigenvalue weighted by Crippen LogP contribution is -2.35. The summed E-state index contributed by atoms with van der Waals surface area (Å²) in [6.07, 6.45) is 0. The smallest absolute Gasteiger partial charge is 0.338 e. The van der Waals surface area contributed by atoms with Gasteiger partial charge in [-0.05, 0) is 30.3 Å². The van der Waals surface area contributed by atoms with Gasteiger partial charge in [0.05, 0.1) is 18.7 Å². The molecule has 10 heteroatoms. The zero-order valence-corrected chi connectivity index (χ0v) is 15.7. The SMILES string of the molecule is COc1ccc(C(=O)OCC(=O)N(CC#N)c2ccccc2)cc1S(N)(=O)=O. The molecule has 0 heterocycles. The van der Waals surface area contributed by atoms with E-state index >= 15 is 0 Å². The lowest BCUT2D eigenvalue weighted by Gasteiger charge is -2.19. The van der Waals surface area contributed by atoms with Crippen LogP contribution in [0.25, 0.3) is 0 Å². The van der Waals surface area contributed by atoms with Crippen molar-refractivity contribution < 1.29 is 27.5 Å². The Kier molecular flexibility index (Phi) is 6.70. The summed E-state index contributed by atoms with van der Waals surface area (Å²) in [7, 11) is -2.88. The zero-order chi connectivity index (χ0) is 20.7. The van der Waals surface area contributed by atoms with Gasteiger partial charge in [0.1, 0.15) is 17.2 Å². The lowest BCUT2D eigenvalue weighted by atomic mass is 10.2. The van der Waals surface area contributed by atoms with Crippen LogP contribution in [0.2, 0.25) is 0 Å². The lowest BCUT2D eigenvalue weighted by molar-refractivity contribution is -0.121. The van der Waals surface area contributed by atoms with E-state index in [1.165, 1.54) is 19.2 Å². The molecule has 0 aliphatic carbocycles. The molecule has 0 unspecified atom stereocenters. The highest BCUT2D eigenvalue weighted by Gasteiger charge is 2.21. The van der Waals surface area contributed by atoms with Crippen LogP contribution in [0, 0.1) is 11.3 Å². The van der Waals surface area contributed by atoms with Gasteiger partial charge >= 0.3 is 5.97 Å². The van der Waals surface area contributed by atoms with Crippen molar-refractivity contribution in [3.63, 3.8) is 0 Å². The summed E-state index contributed by atoms with van der Waals surface area (Å²) in [5.41, 5.74) is 0.357. The van der Waals surface area contributed by atoms with E-state index < -0.39 is 28.5 Å². The maximum atomic E-state index is 12.4. The van der Waals surface area contributed by atoms with Crippen LogP contribution in [0.15, 0.2) is 53.4 Å². The van der Waals surface area contributed by atoms with Crippen molar-refractivity contribution >= 4 is 27.6 Å². The number of hydrogen-bond donors (Lipinski definition) is 1. The first-order chi connectivity index (χ1) is 13.3. The van der Waals surface area contributed by atoms with Gasteiger partial charge in [-0.2, -0.15) is 5.26 Å². The average Bonchev–Trinajstić information content (AvgIpc) is 2.69. The Morgan fingerprint density at radius 1 is 1.18 bits per heavy atom. The Hall–Kier alpha value is -3.42. The minimum Gasteiger partial charge on any atom is -0.495 e. The number of amides is 1. The Balaban J connectivity index is 2.15.